The lowest BCUT2D eigenvalue weighted by atomic mass is 10.0. The normalized spacial score (nSPS) is 10.7. The van der Waals surface area contributed by atoms with Gasteiger partial charge in [-0.15, -0.1) is 0 Å². The molecule has 26 heavy (non-hydrogen) atoms. The maximum atomic E-state index is 12.2. The Hall–Kier alpha value is -2.62. The third-order valence-electron chi connectivity index (χ3n) is 4.37. The summed E-state index contributed by atoms with van der Waals surface area (Å²) < 4.78 is 0. The van der Waals surface area contributed by atoms with E-state index in [4.69, 9.17) is 0 Å². The van der Waals surface area contributed by atoms with Crippen molar-refractivity contribution < 1.29 is 9.59 Å². The molecule has 0 fully saturated rings. The minimum Gasteiger partial charge on any atom is -0.338 e. The molecule has 0 aromatic heterocycles. The average molecular weight is 352 g/mol. The zero-order valence-electron chi connectivity index (χ0n) is 16.1. The number of nitrogens with zero attached hydrogens (tertiary/aromatic N) is 1. The Morgan fingerprint density at radius 3 is 2.35 bits per heavy atom. The van der Waals surface area contributed by atoms with Crippen LogP contribution in [0.2, 0.25) is 0 Å². The highest BCUT2D eigenvalue weighted by atomic mass is 16.2. The van der Waals surface area contributed by atoms with Gasteiger partial charge in [-0.2, -0.15) is 0 Å². The average Bonchev–Trinajstić information content (AvgIpc) is 2.59. The first kappa shape index (κ1) is 19.7. The van der Waals surface area contributed by atoms with Crippen molar-refractivity contribution in [3.63, 3.8) is 0 Å². The van der Waals surface area contributed by atoms with E-state index in [9.17, 15) is 9.59 Å². The van der Waals surface area contributed by atoms with E-state index in [2.05, 4.69) is 25.2 Å². The SMILES string of the molecule is CC(=O)N(CCC(=O)Nc1ccc(C(C)C)cc1)Cc1cccc(C)c1. The smallest absolute Gasteiger partial charge is 0.226 e. The number of hydrogen-bond acceptors (Lipinski definition) is 2. The molecular formula is C22H28N2O2. The predicted molar refractivity (Wildman–Crippen MR) is 106 cm³/mol. The molecule has 2 aromatic carbocycles. The van der Waals surface area contributed by atoms with Gasteiger partial charge in [-0.3, -0.25) is 9.59 Å². The summed E-state index contributed by atoms with van der Waals surface area (Å²) in [7, 11) is 0. The highest BCUT2D eigenvalue weighted by molar-refractivity contribution is 5.91. The number of amides is 2. The van der Waals surface area contributed by atoms with E-state index in [1.54, 1.807) is 11.8 Å². The molecule has 4 nitrogen and oxygen atoms in total. The van der Waals surface area contributed by atoms with Gasteiger partial charge in [0.05, 0.1) is 0 Å². The van der Waals surface area contributed by atoms with E-state index in [0.29, 0.717) is 19.0 Å². The van der Waals surface area contributed by atoms with Gasteiger partial charge in [-0.05, 0) is 36.1 Å². The third kappa shape index (κ3) is 6.03. The number of anilines is 1. The summed E-state index contributed by atoms with van der Waals surface area (Å²) in [4.78, 5) is 25.8. The van der Waals surface area contributed by atoms with E-state index in [-0.39, 0.29) is 18.2 Å². The minimum atomic E-state index is -0.0854. The second kappa shape index (κ2) is 9.18. The number of carbonyl (C=O) groups is 2. The summed E-state index contributed by atoms with van der Waals surface area (Å²) in [5.74, 6) is 0.351. The highest BCUT2D eigenvalue weighted by Gasteiger charge is 2.12. The van der Waals surface area contributed by atoms with Crippen molar-refractivity contribution in [2.24, 2.45) is 0 Å². The summed E-state index contributed by atoms with van der Waals surface area (Å²) >= 11 is 0. The highest BCUT2D eigenvalue weighted by Crippen LogP contribution is 2.17. The van der Waals surface area contributed by atoms with Gasteiger partial charge in [0.15, 0.2) is 0 Å². The number of carbonyl (C=O) groups excluding carboxylic acids is 2. The topological polar surface area (TPSA) is 49.4 Å². The Balaban J connectivity index is 1.89. The van der Waals surface area contributed by atoms with E-state index in [1.807, 2.05) is 49.4 Å². The number of aryl methyl sites for hydroxylation is 1. The van der Waals surface area contributed by atoms with Crippen molar-refractivity contribution in [3.8, 4) is 0 Å². The van der Waals surface area contributed by atoms with Crippen LogP contribution < -0.4 is 5.32 Å². The zero-order chi connectivity index (χ0) is 19.1. The fourth-order valence-corrected chi connectivity index (χ4v) is 2.79. The van der Waals surface area contributed by atoms with E-state index in [0.717, 1.165) is 16.8 Å². The summed E-state index contributed by atoms with van der Waals surface area (Å²) in [6.07, 6.45) is 0.275. The van der Waals surface area contributed by atoms with Crippen LogP contribution in [0.25, 0.3) is 0 Å². The molecule has 0 radical (unpaired) electrons. The van der Waals surface area contributed by atoms with Gasteiger partial charge in [0.25, 0.3) is 0 Å². The Labute approximate surface area is 156 Å². The molecule has 4 heteroatoms. The molecule has 2 aromatic rings. The fraction of sp³-hybridized carbons (Fsp3) is 0.364. The van der Waals surface area contributed by atoms with Crippen LogP contribution in [0.1, 0.15) is 49.8 Å². The van der Waals surface area contributed by atoms with Crippen molar-refractivity contribution in [1.82, 2.24) is 4.90 Å². The molecule has 0 unspecified atom stereocenters. The summed E-state index contributed by atoms with van der Waals surface area (Å²) in [5.41, 5.74) is 4.26. The second-order valence-electron chi connectivity index (χ2n) is 7.00. The van der Waals surface area contributed by atoms with Gasteiger partial charge in [0, 0.05) is 32.1 Å². The molecule has 0 bridgehead atoms. The van der Waals surface area contributed by atoms with Gasteiger partial charge in [0.1, 0.15) is 0 Å². The van der Waals surface area contributed by atoms with Gasteiger partial charge in [0.2, 0.25) is 11.8 Å². The molecule has 1 N–H and O–H groups in total. The molecule has 0 heterocycles. The lowest BCUT2D eigenvalue weighted by molar-refractivity contribution is -0.129. The Morgan fingerprint density at radius 1 is 1.08 bits per heavy atom. The number of benzene rings is 2. The molecule has 0 spiro atoms. The summed E-state index contributed by atoms with van der Waals surface area (Å²) in [5, 5.41) is 2.90. The standard InChI is InChI=1S/C22H28N2O2/c1-16(2)20-8-10-21(11-9-20)23-22(26)12-13-24(18(4)25)15-19-7-5-6-17(3)14-19/h5-11,14,16H,12-13,15H2,1-4H3,(H,23,26). The minimum absolute atomic E-state index is 0.0272. The fourth-order valence-electron chi connectivity index (χ4n) is 2.79. The third-order valence-corrected chi connectivity index (χ3v) is 4.37. The quantitative estimate of drug-likeness (QED) is 0.798. The molecule has 0 aliphatic carbocycles. The van der Waals surface area contributed by atoms with Gasteiger partial charge >= 0.3 is 0 Å². The van der Waals surface area contributed by atoms with E-state index in [1.165, 1.54) is 5.56 Å². The van der Waals surface area contributed by atoms with Crippen molar-refractivity contribution in [2.45, 2.75) is 46.6 Å². The zero-order valence-corrected chi connectivity index (χ0v) is 16.1. The Bertz CT molecular complexity index is 751. The molecule has 0 atom stereocenters. The van der Waals surface area contributed by atoms with Crippen molar-refractivity contribution in [2.75, 3.05) is 11.9 Å². The van der Waals surface area contributed by atoms with Crippen LogP contribution in [0.4, 0.5) is 5.69 Å². The molecule has 0 saturated carbocycles. The van der Waals surface area contributed by atoms with Crippen LogP contribution in [0, 0.1) is 6.92 Å². The predicted octanol–water partition coefficient (Wildman–Crippen LogP) is 4.50. The maximum absolute atomic E-state index is 12.2. The van der Waals surface area contributed by atoms with Crippen molar-refractivity contribution >= 4 is 17.5 Å². The van der Waals surface area contributed by atoms with Crippen LogP contribution in [0.3, 0.4) is 0 Å². The molecule has 0 aliphatic heterocycles. The van der Waals surface area contributed by atoms with Gasteiger partial charge < -0.3 is 10.2 Å². The molecule has 2 rings (SSSR count). The number of rotatable bonds is 7. The van der Waals surface area contributed by atoms with Crippen LogP contribution in [-0.2, 0) is 16.1 Å². The van der Waals surface area contributed by atoms with Crippen LogP contribution in [0.15, 0.2) is 48.5 Å². The molecule has 2 amide bonds. The van der Waals surface area contributed by atoms with Crippen molar-refractivity contribution in [3.05, 3.63) is 65.2 Å². The number of hydrogen-bond donors (Lipinski definition) is 1. The van der Waals surface area contributed by atoms with E-state index >= 15 is 0 Å². The largest absolute Gasteiger partial charge is 0.338 e. The Kier molecular flexibility index (Phi) is 6.96. The van der Waals surface area contributed by atoms with E-state index < -0.39 is 0 Å². The first-order chi connectivity index (χ1) is 12.3. The first-order valence-corrected chi connectivity index (χ1v) is 9.06. The Morgan fingerprint density at radius 2 is 1.77 bits per heavy atom. The molecule has 0 saturated heterocycles. The lowest BCUT2D eigenvalue weighted by Crippen LogP contribution is -2.31. The molecular weight excluding hydrogens is 324 g/mol. The summed E-state index contributed by atoms with van der Waals surface area (Å²) in [6.45, 7) is 8.76. The van der Waals surface area contributed by atoms with Gasteiger partial charge in [-0.25, -0.2) is 0 Å². The van der Waals surface area contributed by atoms with Crippen LogP contribution in [-0.4, -0.2) is 23.3 Å². The summed E-state index contributed by atoms with van der Waals surface area (Å²) in [6, 6.07) is 16.0. The molecule has 138 valence electrons. The molecule has 0 aliphatic rings. The van der Waals surface area contributed by atoms with Crippen LogP contribution in [0.5, 0.6) is 0 Å². The number of nitrogens with one attached hydrogen (secondary N) is 1. The maximum Gasteiger partial charge on any atom is 0.226 e. The second-order valence-corrected chi connectivity index (χ2v) is 7.00. The van der Waals surface area contributed by atoms with Gasteiger partial charge in [-0.1, -0.05) is 55.8 Å². The monoisotopic (exact) mass is 352 g/mol. The van der Waals surface area contributed by atoms with Crippen LogP contribution >= 0.6 is 0 Å². The first-order valence-electron chi connectivity index (χ1n) is 9.06. The van der Waals surface area contributed by atoms with Crippen molar-refractivity contribution in [1.29, 1.82) is 0 Å². The lowest BCUT2D eigenvalue weighted by Gasteiger charge is -2.21.